The predicted molar refractivity (Wildman–Crippen MR) is 72.5 cm³/mol. The zero-order valence-electron chi connectivity index (χ0n) is 12.0. The Morgan fingerprint density at radius 3 is 2.17 bits per heavy atom. The van der Waals surface area contributed by atoms with Crippen LogP contribution in [0.5, 0.6) is 0 Å². The molecule has 0 aliphatic carbocycles. The summed E-state index contributed by atoms with van der Waals surface area (Å²) in [5.41, 5.74) is 0. The third-order valence-electron chi connectivity index (χ3n) is 2.85. The van der Waals surface area contributed by atoms with Crippen LogP contribution >= 0.6 is 0 Å². The van der Waals surface area contributed by atoms with E-state index in [-0.39, 0.29) is 5.97 Å². The van der Waals surface area contributed by atoms with E-state index in [1.54, 1.807) is 6.92 Å². The summed E-state index contributed by atoms with van der Waals surface area (Å²) in [7, 11) is 2.04. The van der Waals surface area contributed by atoms with Gasteiger partial charge in [-0.15, -0.1) is 0 Å². The quantitative estimate of drug-likeness (QED) is 0.421. The van der Waals surface area contributed by atoms with Crippen LogP contribution in [0.2, 0.25) is 0 Å². The Hall–Kier alpha value is -0.900. The smallest absolute Gasteiger partial charge is 0.302 e. The first-order valence-electron chi connectivity index (χ1n) is 6.83. The highest BCUT2D eigenvalue weighted by molar-refractivity contribution is 5.75. The summed E-state index contributed by atoms with van der Waals surface area (Å²) in [4.78, 5) is 23.5. The van der Waals surface area contributed by atoms with Crippen molar-refractivity contribution in [2.45, 2.75) is 52.4 Å². The molecule has 0 aliphatic heterocycles. The van der Waals surface area contributed by atoms with Crippen molar-refractivity contribution in [1.82, 2.24) is 4.90 Å². The van der Waals surface area contributed by atoms with Crippen molar-refractivity contribution in [1.29, 1.82) is 0 Å². The molecule has 106 valence electrons. The average molecular weight is 257 g/mol. The molecule has 0 amide bonds. The summed E-state index contributed by atoms with van der Waals surface area (Å²) in [6.07, 6.45) is 6.47. The molecule has 0 aliphatic rings. The van der Waals surface area contributed by atoms with Gasteiger partial charge in [0, 0.05) is 19.9 Å². The molecule has 0 unspecified atom stereocenters. The molecule has 0 atom stereocenters. The molecular formula is C14H27NO3. The summed E-state index contributed by atoms with van der Waals surface area (Å²) in [5.74, 6) is 0.0778. The zero-order chi connectivity index (χ0) is 13.8. The Labute approximate surface area is 111 Å². The molecule has 0 fully saturated rings. The second-order valence-corrected chi connectivity index (χ2v) is 4.86. The van der Waals surface area contributed by atoms with Crippen LogP contribution in [0.15, 0.2) is 0 Å². The molecule has 0 spiro atoms. The molecule has 0 heterocycles. The van der Waals surface area contributed by atoms with E-state index in [1.807, 2.05) is 7.05 Å². The van der Waals surface area contributed by atoms with E-state index >= 15 is 0 Å². The number of unbranched alkanes of at least 4 members (excludes halogenated alkanes) is 4. The van der Waals surface area contributed by atoms with Crippen LogP contribution in [-0.2, 0) is 14.3 Å². The lowest BCUT2D eigenvalue weighted by Gasteiger charge is -2.15. The van der Waals surface area contributed by atoms with Gasteiger partial charge in [-0.05, 0) is 33.4 Å². The van der Waals surface area contributed by atoms with Crippen LogP contribution in [0.25, 0.3) is 0 Å². The molecule has 0 aromatic carbocycles. The second kappa shape index (κ2) is 11.2. The number of carbonyl (C=O) groups excluding carboxylic acids is 2. The third-order valence-corrected chi connectivity index (χ3v) is 2.85. The largest absolute Gasteiger partial charge is 0.465 e. The second-order valence-electron chi connectivity index (χ2n) is 4.86. The molecule has 0 aromatic rings. The number of rotatable bonds is 11. The Morgan fingerprint density at radius 2 is 1.56 bits per heavy atom. The van der Waals surface area contributed by atoms with E-state index in [4.69, 9.17) is 4.74 Å². The summed E-state index contributed by atoms with van der Waals surface area (Å²) in [5, 5.41) is 0. The molecule has 0 saturated carbocycles. The van der Waals surface area contributed by atoms with E-state index in [0.717, 1.165) is 38.8 Å². The van der Waals surface area contributed by atoms with Crippen molar-refractivity contribution in [3.05, 3.63) is 0 Å². The maximum atomic E-state index is 10.7. The summed E-state index contributed by atoms with van der Waals surface area (Å²) >= 11 is 0. The number of nitrogens with zero attached hydrogens (tertiary/aromatic N) is 1. The average Bonchev–Trinajstić information content (AvgIpc) is 2.26. The van der Waals surface area contributed by atoms with E-state index in [2.05, 4.69) is 4.90 Å². The van der Waals surface area contributed by atoms with Crippen LogP contribution in [-0.4, -0.2) is 43.4 Å². The number of hydrogen-bond acceptors (Lipinski definition) is 4. The monoisotopic (exact) mass is 257 g/mol. The predicted octanol–water partition coefficient (Wildman–Crippen LogP) is 2.41. The van der Waals surface area contributed by atoms with Gasteiger partial charge >= 0.3 is 5.97 Å². The molecule has 18 heavy (non-hydrogen) atoms. The van der Waals surface area contributed by atoms with Crippen LogP contribution < -0.4 is 0 Å². The lowest BCUT2D eigenvalue weighted by Crippen LogP contribution is -2.25. The van der Waals surface area contributed by atoms with Crippen LogP contribution in [0, 0.1) is 0 Å². The fourth-order valence-electron chi connectivity index (χ4n) is 1.74. The van der Waals surface area contributed by atoms with Crippen molar-refractivity contribution >= 4 is 11.8 Å². The van der Waals surface area contributed by atoms with Gasteiger partial charge in [-0.2, -0.15) is 0 Å². The third kappa shape index (κ3) is 13.2. The van der Waals surface area contributed by atoms with Gasteiger partial charge in [-0.3, -0.25) is 4.79 Å². The first kappa shape index (κ1) is 17.1. The van der Waals surface area contributed by atoms with Gasteiger partial charge in [-0.1, -0.05) is 19.3 Å². The first-order chi connectivity index (χ1) is 8.52. The van der Waals surface area contributed by atoms with E-state index in [0.29, 0.717) is 12.4 Å². The highest BCUT2D eigenvalue weighted by Crippen LogP contribution is 2.06. The van der Waals surface area contributed by atoms with Gasteiger partial charge < -0.3 is 14.4 Å². The molecule has 0 rings (SSSR count). The van der Waals surface area contributed by atoms with E-state index in [1.165, 1.54) is 19.8 Å². The van der Waals surface area contributed by atoms with Crippen molar-refractivity contribution in [2.24, 2.45) is 0 Å². The number of ether oxygens (including phenoxy) is 1. The van der Waals surface area contributed by atoms with Crippen LogP contribution in [0.1, 0.15) is 52.4 Å². The normalized spacial score (nSPS) is 10.7. The molecule has 4 nitrogen and oxygen atoms in total. The molecule has 4 heteroatoms. The first-order valence-corrected chi connectivity index (χ1v) is 6.83. The summed E-state index contributed by atoms with van der Waals surface area (Å²) < 4.78 is 4.88. The van der Waals surface area contributed by atoms with Gasteiger partial charge in [0.15, 0.2) is 0 Å². The number of esters is 1. The van der Waals surface area contributed by atoms with Crippen molar-refractivity contribution < 1.29 is 14.3 Å². The van der Waals surface area contributed by atoms with Gasteiger partial charge in [-0.25, -0.2) is 0 Å². The summed E-state index contributed by atoms with van der Waals surface area (Å²) in [6.45, 7) is 5.39. The van der Waals surface area contributed by atoms with Gasteiger partial charge in [0.05, 0.1) is 0 Å². The van der Waals surface area contributed by atoms with Crippen molar-refractivity contribution in [3.63, 3.8) is 0 Å². The van der Waals surface area contributed by atoms with Gasteiger partial charge in [0.2, 0.25) is 0 Å². The number of hydrogen-bond donors (Lipinski definition) is 0. The van der Waals surface area contributed by atoms with Crippen LogP contribution in [0.3, 0.4) is 0 Å². The Bertz CT molecular complexity index is 241. The SMILES string of the molecule is CC(=O)CCCCCCCN(C)CCOC(C)=O. The zero-order valence-corrected chi connectivity index (χ0v) is 12.0. The number of ketones is 1. The Kier molecular flexibility index (Phi) is 10.6. The van der Waals surface area contributed by atoms with Crippen molar-refractivity contribution in [2.75, 3.05) is 26.7 Å². The fraction of sp³-hybridized carbons (Fsp3) is 0.857. The molecular weight excluding hydrogens is 230 g/mol. The molecule has 0 radical (unpaired) electrons. The lowest BCUT2D eigenvalue weighted by atomic mass is 10.1. The maximum Gasteiger partial charge on any atom is 0.302 e. The van der Waals surface area contributed by atoms with Gasteiger partial charge in [0.25, 0.3) is 0 Å². The fourth-order valence-corrected chi connectivity index (χ4v) is 1.74. The van der Waals surface area contributed by atoms with Crippen molar-refractivity contribution in [3.8, 4) is 0 Å². The molecule has 0 aromatic heterocycles. The summed E-state index contributed by atoms with van der Waals surface area (Å²) in [6, 6.07) is 0. The molecule has 0 bridgehead atoms. The van der Waals surface area contributed by atoms with E-state index < -0.39 is 0 Å². The van der Waals surface area contributed by atoms with E-state index in [9.17, 15) is 9.59 Å². The molecule has 0 saturated heterocycles. The number of Topliss-reactive ketones (excluding diaryl/α,β-unsaturated/α-hetero) is 1. The topological polar surface area (TPSA) is 46.6 Å². The van der Waals surface area contributed by atoms with Gasteiger partial charge in [0.1, 0.15) is 12.4 Å². The minimum atomic E-state index is -0.214. The standard InChI is InChI=1S/C14H27NO3/c1-13(16)9-7-5-4-6-8-10-15(3)11-12-18-14(2)17/h4-12H2,1-3H3. The highest BCUT2D eigenvalue weighted by atomic mass is 16.5. The maximum absolute atomic E-state index is 10.7. The molecule has 0 N–H and O–H groups in total. The Morgan fingerprint density at radius 1 is 0.944 bits per heavy atom. The highest BCUT2D eigenvalue weighted by Gasteiger charge is 2.00. The lowest BCUT2D eigenvalue weighted by molar-refractivity contribution is -0.141. The number of carbonyl (C=O) groups is 2. The van der Waals surface area contributed by atoms with Crippen LogP contribution in [0.4, 0.5) is 0 Å². The Balaban J connectivity index is 3.22. The minimum absolute atomic E-state index is 0.214. The minimum Gasteiger partial charge on any atom is -0.465 e. The number of likely N-dealkylation sites (N-methyl/N-ethyl adjacent to an activating group) is 1.